The number of fused-ring (bicyclic) bond motifs is 1. The molecule has 0 aliphatic carbocycles. The van der Waals surface area contributed by atoms with Gasteiger partial charge in [0.2, 0.25) is 15.9 Å². The molecule has 1 aliphatic rings. The molecule has 0 bridgehead atoms. The fraction of sp³-hybridized carbons (Fsp3) is 0.261. The summed E-state index contributed by atoms with van der Waals surface area (Å²) in [4.78, 5) is 18.5. The summed E-state index contributed by atoms with van der Waals surface area (Å²) in [5.41, 5.74) is 3.12. The molecule has 3 aromatic rings. The molecule has 1 aromatic carbocycles. The van der Waals surface area contributed by atoms with Gasteiger partial charge in [-0.2, -0.15) is 4.31 Å². The zero-order chi connectivity index (χ0) is 23.4. The largest absolute Gasteiger partial charge is 0.387 e. The number of carbonyl (C=O) groups is 1. The van der Waals surface area contributed by atoms with Crippen LogP contribution in [0.15, 0.2) is 64.4 Å². The van der Waals surface area contributed by atoms with Crippen LogP contribution in [0.3, 0.4) is 0 Å². The fourth-order valence-corrected chi connectivity index (χ4v) is 5.09. The molecule has 0 fully saturated rings. The minimum Gasteiger partial charge on any atom is -0.387 e. The quantitative estimate of drug-likeness (QED) is 0.542. The normalized spacial score (nSPS) is 13.6. The Kier molecular flexibility index (Phi) is 6.57. The Labute approximate surface area is 192 Å². The van der Waals surface area contributed by atoms with Crippen LogP contribution >= 0.6 is 0 Å². The van der Waals surface area contributed by atoms with Crippen molar-refractivity contribution in [2.75, 3.05) is 25.0 Å². The van der Waals surface area contributed by atoms with E-state index >= 15 is 0 Å². The van der Waals surface area contributed by atoms with Crippen molar-refractivity contribution >= 4 is 27.7 Å². The number of pyridine rings is 1. The Morgan fingerprint density at radius 2 is 2.09 bits per heavy atom. The lowest BCUT2D eigenvalue weighted by molar-refractivity contribution is -0.118. The van der Waals surface area contributed by atoms with Gasteiger partial charge >= 0.3 is 0 Å². The molecule has 0 spiro atoms. The third-order valence-electron chi connectivity index (χ3n) is 5.43. The number of carbonyl (C=O) groups excluding carboxylic acids is 1. The molecule has 1 N–H and O–H groups in total. The second-order valence-corrected chi connectivity index (χ2v) is 9.70. The predicted molar refractivity (Wildman–Crippen MR) is 124 cm³/mol. The summed E-state index contributed by atoms with van der Waals surface area (Å²) in [6, 6.07) is 11.4. The van der Waals surface area contributed by atoms with Gasteiger partial charge in [-0.05, 0) is 36.6 Å². The maximum absolute atomic E-state index is 13.3. The van der Waals surface area contributed by atoms with Gasteiger partial charge in [0.25, 0.3) is 0 Å². The van der Waals surface area contributed by atoms with Crippen molar-refractivity contribution in [1.29, 1.82) is 0 Å². The van der Waals surface area contributed by atoms with E-state index in [1.807, 2.05) is 36.4 Å². The average molecular weight is 468 g/mol. The van der Waals surface area contributed by atoms with Gasteiger partial charge in [-0.25, -0.2) is 8.42 Å². The van der Waals surface area contributed by atoms with Crippen LogP contribution in [-0.4, -0.2) is 48.9 Å². The van der Waals surface area contributed by atoms with Crippen molar-refractivity contribution in [2.24, 2.45) is 0 Å². The van der Waals surface area contributed by atoms with Crippen molar-refractivity contribution in [3.05, 3.63) is 77.6 Å². The van der Waals surface area contributed by atoms with Crippen molar-refractivity contribution in [1.82, 2.24) is 19.8 Å². The van der Waals surface area contributed by atoms with Gasteiger partial charge in [0.15, 0.2) is 10.7 Å². The van der Waals surface area contributed by atoms with Crippen molar-refractivity contribution < 1.29 is 17.7 Å². The van der Waals surface area contributed by atoms with Crippen LogP contribution < -0.4 is 10.2 Å². The lowest BCUT2D eigenvalue weighted by Crippen LogP contribution is -2.40. The molecule has 10 heteroatoms. The summed E-state index contributed by atoms with van der Waals surface area (Å²) in [7, 11) is -2.62. The van der Waals surface area contributed by atoms with E-state index in [9.17, 15) is 13.2 Å². The predicted octanol–water partition coefficient (Wildman–Crippen LogP) is 2.35. The first-order valence-electron chi connectivity index (χ1n) is 10.5. The maximum atomic E-state index is 13.3. The van der Waals surface area contributed by atoms with Gasteiger partial charge in [-0.1, -0.05) is 29.4 Å². The molecule has 0 radical (unpaired) electrons. The lowest BCUT2D eigenvalue weighted by atomic mass is 10.2. The summed E-state index contributed by atoms with van der Waals surface area (Å²) in [5.74, 6) is -0.188. The minimum atomic E-state index is -4.01. The van der Waals surface area contributed by atoms with E-state index in [-0.39, 0.29) is 28.8 Å². The SMILES string of the molecule is Cc1noc(C=CNCc2cccnc2)c1S(=O)(=O)N(C)CC(=O)N1CCc2ccccc21. The molecule has 1 amide bonds. The Morgan fingerprint density at radius 1 is 1.27 bits per heavy atom. The van der Waals surface area contributed by atoms with E-state index in [1.54, 1.807) is 30.4 Å². The number of aryl methyl sites for hydroxylation is 1. The number of nitrogens with one attached hydrogen (secondary N) is 1. The van der Waals surface area contributed by atoms with Gasteiger partial charge in [0.05, 0.1) is 6.54 Å². The Bertz CT molecular complexity index is 1270. The second-order valence-electron chi connectivity index (χ2n) is 7.72. The highest BCUT2D eigenvalue weighted by Gasteiger charge is 2.33. The smallest absolute Gasteiger partial charge is 0.249 e. The molecule has 33 heavy (non-hydrogen) atoms. The molecular weight excluding hydrogens is 442 g/mol. The molecule has 2 aromatic heterocycles. The molecule has 0 atom stereocenters. The van der Waals surface area contributed by atoms with Crippen LogP contribution in [0.1, 0.15) is 22.6 Å². The molecule has 172 valence electrons. The molecule has 3 heterocycles. The van der Waals surface area contributed by atoms with Crippen molar-refractivity contribution in [2.45, 2.75) is 24.8 Å². The number of likely N-dealkylation sites (N-methyl/N-ethyl adjacent to an activating group) is 1. The summed E-state index contributed by atoms with van der Waals surface area (Å²) in [6.07, 6.45) is 7.29. The topological polar surface area (TPSA) is 109 Å². The molecule has 0 unspecified atom stereocenters. The van der Waals surface area contributed by atoms with Crippen LogP contribution in [0.25, 0.3) is 6.08 Å². The van der Waals surface area contributed by atoms with Crippen molar-refractivity contribution in [3.63, 3.8) is 0 Å². The monoisotopic (exact) mass is 467 g/mol. The number of nitrogens with zero attached hydrogens (tertiary/aromatic N) is 4. The van der Waals surface area contributed by atoms with Gasteiger partial charge < -0.3 is 14.7 Å². The number of aromatic nitrogens is 2. The molecule has 9 nitrogen and oxygen atoms in total. The summed E-state index contributed by atoms with van der Waals surface area (Å²) in [5, 5.41) is 6.89. The Balaban J connectivity index is 1.46. The molecular formula is C23H25N5O4S. The highest BCUT2D eigenvalue weighted by Crippen LogP contribution is 2.28. The van der Waals surface area contributed by atoms with E-state index in [0.29, 0.717) is 13.1 Å². The van der Waals surface area contributed by atoms with Crippen LogP contribution in [0.5, 0.6) is 0 Å². The van der Waals surface area contributed by atoms with Crippen LogP contribution in [0, 0.1) is 6.92 Å². The van der Waals surface area contributed by atoms with Crippen LogP contribution in [0.2, 0.25) is 0 Å². The average Bonchev–Trinajstić information content (AvgIpc) is 3.41. The van der Waals surface area contributed by atoms with E-state index in [4.69, 9.17) is 4.52 Å². The zero-order valence-electron chi connectivity index (χ0n) is 18.4. The third kappa shape index (κ3) is 4.81. The van der Waals surface area contributed by atoms with E-state index < -0.39 is 10.0 Å². The number of benzene rings is 1. The molecule has 0 saturated heterocycles. The van der Waals surface area contributed by atoms with Crippen molar-refractivity contribution in [3.8, 4) is 0 Å². The summed E-state index contributed by atoms with van der Waals surface area (Å²) >= 11 is 0. The number of amides is 1. The van der Waals surface area contributed by atoms with Crippen LogP contribution in [0.4, 0.5) is 5.69 Å². The molecule has 0 saturated carbocycles. The first-order valence-corrected chi connectivity index (χ1v) is 11.9. The van der Waals surface area contributed by atoms with E-state index in [0.717, 1.165) is 27.5 Å². The molecule has 4 rings (SSSR count). The summed E-state index contributed by atoms with van der Waals surface area (Å²) in [6.45, 7) is 2.33. The third-order valence-corrected chi connectivity index (χ3v) is 7.39. The number of sulfonamides is 1. The summed E-state index contributed by atoms with van der Waals surface area (Å²) < 4.78 is 32.8. The first-order chi connectivity index (χ1) is 15.9. The Hall–Kier alpha value is -3.50. The van der Waals surface area contributed by atoms with Gasteiger partial charge in [0, 0.05) is 50.5 Å². The standard InChI is InChI=1S/C23H25N5O4S/c1-17-23(21(32-26-17)9-12-25-15-18-6-5-11-24-14-18)33(30,31)27(2)16-22(29)28-13-10-19-7-3-4-8-20(19)28/h3-9,11-12,14,25H,10,13,15-16H2,1-2H3. The number of anilines is 1. The van der Waals surface area contributed by atoms with E-state index in [2.05, 4.69) is 15.5 Å². The highest BCUT2D eigenvalue weighted by atomic mass is 32.2. The zero-order valence-corrected chi connectivity index (χ0v) is 19.2. The number of para-hydroxylation sites is 1. The van der Waals surface area contributed by atoms with Crippen LogP contribution in [-0.2, 0) is 27.8 Å². The number of hydrogen-bond donors (Lipinski definition) is 1. The maximum Gasteiger partial charge on any atom is 0.249 e. The van der Waals surface area contributed by atoms with Gasteiger partial charge in [0.1, 0.15) is 5.69 Å². The number of rotatable bonds is 8. The number of hydrogen-bond acceptors (Lipinski definition) is 7. The second kappa shape index (κ2) is 9.55. The Morgan fingerprint density at radius 3 is 2.88 bits per heavy atom. The minimum absolute atomic E-state index is 0.0564. The van der Waals surface area contributed by atoms with E-state index in [1.165, 1.54) is 13.1 Å². The van der Waals surface area contributed by atoms with Gasteiger partial charge in [-0.3, -0.25) is 9.78 Å². The highest BCUT2D eigenvalue weighted by molar-refractivity contribution is 7.89. The first kappa shape index (κ1) is 22.7. The fourth-order valence-electron chi connectivity index (χ4n) is 3.73. The lowest BCUT2D eigenvalue weighted by Gasteiger charge is -2.22. The van der Waals surface area contributed by atoms with Gasteiger partial charge in [-0.15, -0.1) is 0 Å². The molecule has 1 aliphatic heterocycles.